The number of ether oxygens (including phenoxy) is 3. The summed E-state index contributed by atoms with van der Waals surface area (Å²) in [5, 5.41) is 19.0. The maximum Gasteiger partial charge on any atom is 0.218 e. The molecule has 1 N–H and O–H groups in total. The van der Waals surface area contributed by atoms with Crippen LogP contribution in [0.2, 0.25) is 0 Å². The first-order valence-corrected chi connectivity index (χ1v) is 11.7. The Morgan fingerprint density at radius 1 is 1.33 bits per heavy atom. The number of thiophene rings is 1. The number of aromatic nitrogens is 1. The second-order valence-corrected chi connectivity index (χ2v) is 8.59. The van der Waals surface area contributed by atoms with E-state index in [9.17, 15) is 4.79 Å². The van der Waals surface area contributed by atoms with Crippen LogP contribution in [0.5, 0.6) is 11.5 Å². The number of nitrogens with zero attached hydrogens (tertiary/aromatic N) is 2. The molecule has 1 aromatic carbocycles. The molecule has 1 aliphatic rings. The van der Waals surface area contributed by atoms with E-state index in [1.54, 1.807) is 37.6 Å². The van der Waals surface area contributed by atoms with E-state index in [0.717, 1.165) is 21.7 Å². The second kappa shape index (κ2) is 9.92. The fourth-order valence-electron chi connectivity index (χ4n) is 4.06. The Morgan fingerprint density at radius 2 is 2.18 bits per heavy atom. The Bertz CT molecular complexity index is 1260. The van der Waals surface area contributed by atoms with Crippen molar-refractivity contribution in [3.05, 3.63) is 68.1 Å². The highest BCUT2D eigenvalue weighted by atomic mass is 32.1. The summed E-state index contributed by atoms with van der Waals surface area (Å²) in [5.41, 5.74) is 2.71. The standard InChI is InChI=1S/C25H25N3O4S/c1-3-31-25(27)18-15-28-19(14-21(18)29)17-13-22(30-2)23(32-9-5-4-8-26)12-16(17)11-20(28)24-7-6-10-33-24/h6-7,10,12-15,20,27H,3-5,9,11H2,1-2H3. The molecule has 0 saturated heterocycles. The van der Waals surface area contributed by atoms with Gasteiger partial charge in [0.1, 0.15) is 0 Å². The van der Waals surface area contributed by atoms with Crippen molar-refractivity contribution in [2.75, 3.05) is 20.3 Å². The molecule has 4 rings (SSSR count). The number of rotatable bonds is 8. The van der Waals surface area contributed by atoms with Crippen LogP contribution < -0.4 is 14.9 Å². The Labute approximate surface area is 196 Å². The highest BCUT2D eigenvalue weighted by molar-refractivity contribution is 7.10. The van der Waals surface area contributed by atoms with Crippen molar-refractivity contribution in [3.63, 3.8) is 0 Å². The smallest absolute Gasteiger partial charge is 0.218 e. The zero-order chi connectivity index (χ0) is 23.4. The first-order chi connectivity index (χ1) is 16.1. The maximum absolute atomic E-state index is 12.9. The van der Waals surface area contributed by atoms with E-state index >= 15 is 0 Å². The molecule has 1 aliphatic heterocycles. The third-order valence-corrected chi connectivity index (χ3v) is 6.56. The lowest BCUT2D eigenvalue weighted by Gasteiger charge is -2.31. The molecule has 3 aromatic rings. The van der Waals surface area contributed by atoms with Gasteiger partial charge in [-0.25, -0.2) is 0 Å². The van der Waals surface area contributed by atoms with Crippen LogP contribution in [0.15, 0.2) is 46.7 Å². The van der Waals surface area contributed by atoms with Crippen molar-refractivity contribution in [1.29, 1.82) is 10.7 Å². The van der Waals surface area contributed by atoms with Gasteiger partial charge in [0.15, 0.2) is 16.9 Å². The summed E-state index contributed by atoms with van der Waals surface area (Å²) in [6.45, 7) is 2.54. The van der Waals surface area contributed by atoms with Crippen LogP contribution in [0.3, 0.4) is 0 Å². The Morgan fingerprint density at radius 3 is 2.88 bits per heavy atom. The number of fused-ring (bicyclic) bond motifs is 3. The highest BCUT2D eigenvalue weighted by Crippen LogP contribution is 2.43. The van der Waals surface area contributed by atoms with Gasteiger partial charge in [0.25, 0.3) is 0 Å². The minimum atomic E-state index is -0.256. The third kappa shape index (κ3) is 4.50. The fourth-order valence-corrected chi connectivity index (χ4v) is 4.88. The lowest BCUT2D eigenvalue weighted by atomic mass is 9.91. The molecule has 33 heavy (non-hydrogen) atoms. The Kier molecular flexibility index (Phi) is 6.80. The van der Waals surface area contributed by atoms with E-state index in [0.29, 0.717) is 44.0 Å². The van der Waals surface area contributed by atoms with E-state index in [1.165, 1.54) is 0 Å². The molecular weight excluding hydrogens is 438 g/mol. The predicted molar refractivity (Wildman–Crippen MR) is 128 cm³/mol. The average molecular weight is 464 g/mol. The van der Waals surface area contributed by atoms with Crippen molar-refractivity contribution in [2.24, 2.45) is 0 Å². The molecule has 1 unspecified atom stereocenters. The molecule has 0 saturated carbocycles. The van der Waals surface area contributed by atoms with Gasteiger partial charge in [-0.3, -0.25) is 10.2 Å². The quantitative estimate of drug-likeness (QED) is 0.295. The molecule has 0 fully saturated rings. The van der Waals surface area contributed by atoms with E-state index in [1.807, 2.05) is 23.6 Å². The molecule has 170 valence electrons. The summed E-state index contributed by atoms with van der Waals surface area (Å²) in [4.78, 5) is 14.1. The number of pyridine rings is 1. The summed E-state index contributed by atoms with van der Waals surface area (Å²) in [6, 6.07) is 11.6. The van der Waals surface area contributed by atoms with Crippen LogP contribution in [0.1, 0.15) is 41.8 Å². The molecule has 0 amide bonds. The molecule has 0 bridgehead atoms. The van der Waals surface area contributed by atoms with Crippen LogP contribution in [0.4, 0.5) is 0 Å². The van der Waals surface area contributed by atoms with Gasteiger partial charge in [0, 0.05) is 29.1 Å². The molecule has 2 aromatic heterocycles. The average Bonchev–Trinajstić information content (AvgIpc) is 3.35. The predicted octanol–water partition coefficient (Wildman–Crippen LogP) is 4.78. The van der Waals surface area contributed by atoms with Crippen LogP contribution in [0, 0.1) is 16.7 Å². The van der Waals surface area contributed by atoms with Crippen molar-refractivity contribution >= 4 is 17.2 Å². The first-order valence-electron chi connectivity index (χ1n) is 10.8. The van der Waals surface area contributed by atoms with Gasteiger partial charge < -0.3 is 18.8 Å². The van der Waals surface area contributed by atoms with Crippen LogP contribution >= 0.6 is 11.3 Å². The van der Waals surface area contributed by atoms with Gasteiger partial charge in [0.2, 0.25) is 5.90 Å². The van der Waals surface area contributed by atoms with Gasteiger partial charge in [-0.1, -0.05) is 6.07 Å². The number of nitrogens with one attached hydrogen (secondary N) is 1. The zero-order valence-corrected chi connectivity index (χ0v) is 19.4. The number of unbranched alkanes of at least 4 members (excludes halogenated alkanes) is 1. The topological polar surface area (TPSA) is 97.3 Å². The molecule has 1 atom stereocenters. The number of nitriles is 1. The summed E-state index contributed by atoms with van der Waals surface area (Å²) < 4.78 is 18.9. The van der Waals surface area contributed by atoms with Gasteiger partial charge in [-0.05, 0) is 48.9 Å². The van der Waals surface area contributed by atoms with Crippen molar-refractivity contribution < 1.29 is 14.2 Å². The Balaban J connectivity index is 1.83. The first kappa shape index (κ1) is 22.6. The minimum absolute atomic E-state index is 0.0267. The fraction of sp³-hybridized carbons (Fsp3) is 0.320. The molecule has 3 heterocycles. The summed E-state index contributed by atoms with van der Waals surface area (Å²) in [6.07, 6.45) is 3.51. The highest BCUT2D eigenvalue weighted by Gasteiger charge is 2.29. The van der Waals surface area contributed by atoms with Crippen molar-refractivity contribution in [3.8, 4) is 28.8 Å². The van der Waals surface area contributed by atoms with Crippen molar-refractivity contribution in [2.45, 2.75) is 32.2 Å². The lowest BCUT2D eigenvalue weighted by Crippen LogP contribution is -2.26. The number of hydrogen-bond donors (Lipinski definition) is 1. The van der Waals surface area contributed by atoms with Crippen LogP contribution in [0.25, 0.3) is 11.3 Å². The van der Waals surface area contributed by atoms with Crippen LogP contribution in [-0.4, -0.2) is 30.8 Å². The van der Waals surface area contributed by atoms with E-state index in [2.05, 4.69) is 16.7 Å². The van der Waals surface area contributed by atoms with E-state index in [4.69, 9.17) is 24.9 Å². The Hall–Kier alpha value is -3.57. The summed E-state index contributed by atoms with van der Waals surface area (Å²) in [5.74, 6) is 1.09. The molecule has 7 nitrogen and oxygen atoms in total. The molecule has 0 radical (unpaired) electrons. The van der Waals surface area contributed by atoms with E-state index < -0.39 is 0 Å². The molecule has 8 heteroatoms. The summed E-state index contributed by atoms with van der Waals surface area (Å²) in [7, 11) is 1.58. The summed E-state index contributed by atoms with van der Waals surface area (Å²) >= 11 is 1.66. The van der Waals surface area contributed by atoms with E-state index in [-0.39, 0.29) is 22.9 Å². The van der Waals surface area contributed by atoms with Gasteiger partial charge in [-0.15, -0.1) is 11.3 Å². The second-order valence-electron chi connectivity index (χ2n) is 7.61. The van der Waals surface area contributed by atoms with Crippen molar-refractivity contribution in [1.82, 2.24) is 4.57 Å². The van der Waals surface area contributed by atoms with Gasteiger partial charge >= 0.3 is 0 Å². The normalized spacial score (nSPS) is 14.0. The molecule has 0 aliphatic carbocycles. The van der Waals surface area contributed by atoms with Gasteiger partial charge in [0.05, 0.1) is 43.7 Å². The third-order valence-electron chi connectivity index (χ3n) is 5.59. The lowest BCUT2D eigenvalue weighted by molar-refractivity contribution is 0.290. The monoisotopic (exact) mass is 463 g/mol. The number of benzene rings is 1. The molecular formula is C25H25N3O4S. The zero-order valence-electron chi connectivity index (χ0n) is 18.6. The minimum Gasteiger partial charge on any atom is -0.493 e. The number of methoxy groups -OCH3 is 1. The van der Waals surface area contributed by atoms with Crippen LogP contribution in [-0.2, 0) is 11.2 Å². The van der Waals surface area contributed by atoms with Gasteiger partial charge in [-0.2, -0.15) is 5.26 Å². The number of hydrogen-bond acceptors (Lipinski definition) is 7. The largest absolute Gasteiger partial charge is 0.493 e. The SMILES string of the molecule is CCOC(=N)c1cn2c(cc1=O)-c1cc(OC)c(OCCCC#N)cc1CC2c1cccs1. The maximum atomic E-state index is 12.9. The molecule has 0 spiro atoms.